The van der Waals surface area contributed by atoms with Gasteiger partial charge in [0.1, 0.15) is 0 Å². The molecule has 1 nitrogen and oxygen atoms in total. The lowest BCUT2D eigenvalue weighted by atomic mass is 10.0. The first-order chi connectivity index (χ1) is 7.42. The maximum absolute atomic E-state index is 5.70. The Morgan fingerprint density at radius 2 is 2.27 bits per heavy atom. The zero-order chi connectivity index (χ0) is 10.5. The van der Waals surface area contributed by atoms with Gasteiger partial charge >= 0.3 is 0 Å². The van der Waals surface area contributed by atoms with Crippen molar-refractivity contribution in [2.45, 2.75) is 30.6 Å². The van der Waals surface area contributed by atoms with Gasteiger partial charge in [-0.2, -0.15) is 0 Å². The Morgan fingerprint density at radius 3 is 3.13 bits per heavy atom. The Bertz CT molecular complexity index is 311. The Hall–Kier alpha value is -0.470. The second kappa shape index (κ2) is 5.57. The molecule has 1 aliphatic heterocycles. The first-order valence-corrected chi connectivity index (χ1v) is 6.70. The monoisotopic (exact) mass is 222 g/mol. The summed E-state index contributed by atoms with van der Waals surface area (Å²) in [5.74, 6) is 1.80. The summed E-state index contributed by atoms with van der Waals surface area (Å²) in [6, 6.07) is 8.70. The highest BCUT2D eigenvalue weighted by Gasteiger charge is 2.22. The quantitative estimate of drug-likeness (QED) is 0.703. The predicted molar refractivity (Wildman–Crippen MR) is 65.6 cm³/mol. The van der Waals surface area contributed by atoms with Crippen molar-refractivity contribution >= 4 is 11.8 Å². The fourth-order valence-corrected chi connectivity index (χ4v) is 3.07. The average molecular weight is 222 g/mol. The van der Waals surface area contributed by atoms with Crippen LogP contribution >= 0.6 is 11.8 Å². The zero-order valence-corrected chi connectivity index (χ0v) is 10.1. The maximum Gasteiger partial charge on any atom is 0.0543 e. The summed E-state index contributed by atoms with van der Waals surface area (Å²) in [5.41, 5.74) is 1.49. The van der Waals surface area contributed by atoms with Crippen LogP contribution in [0.4, 0.5) is 0 Å². The van der Waals surface area contributed by atoms with E-state index in [0.717, 1.165) is 13.2 Å². The van der Waals surface area contributed by atoms with Gasteiger partial charge in [0.05, 0.1) is 6.61 Å². The van der Waals surface area contributed by atoms with Crippen molar-refractivity contribution in [3.63, 3.8) is 0 Å². The van der Waals surface area contributed by atoms with E-state index in [1.807, 2.05) is 11.8 Å². The Balaban J connectivity index is 1.85. The summed E-state index contributed by atoms with van der Waals surface area (Å²) in [6.07, 6.45) is 2.40. The number of benzene rings is 1. The maximum atomic E-state index is 5.70. The van der Waals surface area contributed by atoms with Gasteiger partial charge in [-0.05, 0) is 18.1 Å². The number of thioether (sulfide) groups is 1. The minimum Gasteiger partial charge on any atom is -0.381 e. The van der Waals surface area contributed by atoms with Crippen molar-refractivity contribution in [1.29, 1.82) is 0 Å². The minimum absolute atomic E-state index is 0.614. The minimum atomic E-state index is 0.614. The lowest BCUT2D eigenvalue weighted by Crippen LogP contribution is -2.07. The Morgan fingerprint density at radius 1 is 1.40 bits per heavy atom. The molecule has 0 spiro atoms. The van der Waals surface area contributed by atoms with Crippen LogP contribution in [0, 0.1) is 0 Å². The number of hydrogen-bond acceptors (Lipinski definition) is 2. The van der Waals surface area contributed by atoms with Crippen LogP contribution in [0.2, 0.25) is 0 Å². The molecule has 0 amide bonds. The van der Waals surface area contributed by atoms with Crippen molar-refractivity contribution in [1.82, 2.24) is 0 Å². The molecule has 82 valence electrons. The van der Waals surface area contributed by atoms with E-state index in [0.29, 0.717) is 5.92 Å². The van der Waals surface area contributed by atoms with Gasteiger partial charge in [0.25, 0.3) is 0 Å². The van der Waals surface area contributed by atoms with Crippen molar-refractivity contribution in [2.24, 2.45) is 0 Å². The number of fused-ring (bicyclic) bond motifs is 1. The summed E-state index contributed by atoms with van der Waals surface area (Å²) < 4.78 is 5.70. The topological polar surface area (TPSA) is 9.23 Å². The Kier molecular flexibility index (Phi) is 4.09. The van der Waals surface area contributed by atoms with Gasteiger partial charge < -0.3 is 4.74 Å². The lowest BCUT2D eigenvalue weighted by Gasteiger charge is -2.10. The van der Waals surface area contributed by atoms with E-state index in [1.165, 1.54) is 29.1 Å². The third-order valence-electron chi connectivity index (χ3n) is 2.76. The van der Waals surface area contributed by atoms with E-state index in [2.05, 4.69) is 31.2 Å². The van der Waals surface area contributed by atoms with Gasteiger partial charge in [-0.3, -0.25) is 0 Å². The molecule has 15 heavy (non-hydrogen) atoms. The van der Waals surface area contributed by atoms with Gasteiger partial charge in [0.2, 0.25) is 0 Å². The standard InChI is InChI=1S/C13H18OS/c1-2-3-8-14-9-11-10-15-13-7-5-4-6-12(11)13/h4-7,11H,2-3,8-10H2,1H3. The van der Waals surface area contributed by atoms with E-state index < -0.39 is 0 Å². The molecule has 0 N–H and O–H groups in total. The molecule has 1 unspecified atom stereocenters. The molecular formula is C13H18OS. The molecule has 0 aliphatic carbocycles. The fraction of sp³-hybridized carbons (Fsp3) is 0.538. The number of hydrogen-bond donors (Lipinski definition) is 0. The molecule has 2 heteroatoms. The molecule has 0 fully saturated rings. The smallest absolute Gasteiger partial charge is 0.0543 e. The van der Waals surface area contributed by atoms with Crippen LogP contribution < -0.4 is 0 Å². The lowest BCUT2D eigenvalue weighted by molar-refractivity contribution is 0.122. The summed E-state index contributed by atoms with van der Waals surface area (Å²) in [4.78, 5) is 1.45. The molecule has 0 bridgehead atoms. The summed E-state index contributed by atoms with van der Waals surface area (Å²) in [7, 11) is 0. The van der Waals surface area contributed by atoms with E-state index in [-0.39, 0.29) is 0 Å². The van der Waals surface area contributed by atoms with Crippen molar-refractivity contribution in [3.8, 4) is 0 Å². The number of ether oxygens (including phenoxy) is 1. The highest BCUT2D eigenvalue weighted by atomic mass is 32.2. The van der Waals surface area contributed by atoms with Gasteiger partial charge in [0.15, 0.2) is 0 Å². The fourth-order valence-electron chi connectivity index (χ4n) is 1.84. The van der Waals surface area contributed by atoms with Crippen LogP contribution in [-0.4, -0.2) is 19.0 Å². The van der Waals surface area contributed by atoms with Crippen LogP contribution in [0.15, 0.2) is 29.2 Å². The highest BCUT2D eigenvalue weighted by Crippen LogP contribution is 2.39. The Labute approximate surface area is 96.2 Å². The second-order valence-electron chi connectivity index (χ2n) is 3.97. The second-order valence-corrected chi connectivity index (χ2v) is 5.04. The van der Waals surface area contributed by atoms with Gasteiger partial charge in [0, 0.05) is 23.2 Å². The van der Waals surface area contributed by atoms with Gasteiger partial charge in [-0.15, -0.1) is 11.8 Å². The molecule has 0 aromatic heterocycles. The van der Waals surface area contributed by atoms with Crippen LogP contribution in [-0.2, 0) is 4.74 Å². The molecule has 1 heterocycles. The van der Waals surface area contributed by atoms with Gasteiger partial charge in [-0.1, -0.05) is 31.5 Å². The van der Waals surface area contributed by atoms with Crippen LogP contribution in [0.5, 0.6) is 0 Å². The van der Waals surface area contributed by atoms with Crippen LogP contribution in [0.1, 0.15) is 31.2 Å². The summed E-state index contributed by atoms with van der Waals surface area (Å²) in [6.45, 7) is 4.01. The van der Waals surface area contributed by atoms with Gasteiger partial charge in [-0.25, -0.2) is 0 Å². The average Bonchev–Trinajstić information content (AvgIpc) is 2.68. The molecule has 0 radical (unpaired) electrons. The molecule has 2 rings (SSSR count). The van der Waals surface area contributed by atoms with E-state index in [4.69, 9.17) is 4.74 Å². The third-order valence-corrected chi connectivity index (χ3v) is 4.01. The van der Waals surface area contributed by atoms with E-state index in [9.17, 15) is 0 Å². The largest absolute Gasteiger partial charge is 0.381 e. The van der Waals surface area contributed by atoms with Crippen molar-refractivity contribution < 1.29 is 4.74 Å². The molecule has 1 atom stereocenters. The summed E-state index contributed by atoms with van der Waals surface area (Å²) in [5, 5.41) is 0. The van der Waals surface area contributed by atoms with E-state index >= 15 is 0 Å². The molecular weight excluding hydrogens is 204 g/mol. The molecule has 1 aliphatic rings. The third kappa shape index (κ3) is 2.76. The number of unbranched alkanes of at least 4 members (excludes halogenated alkanes) is 1. The number of rotatable bonds is 5. The SMILES string of the molecule is CCCCOCC1CSc2ccccc21. The highest BCUT2D eigenvalue weighted by molar-refractivity contribution is 7.99. The first kappa shape index (κ1) is 11.0. The molecule has 1 aromatic carbocycles. The molecule has 0 saturated heterocycles. The summed E-state index contributed by atoms with van der Waals surface area (Å²) >= 11 is 1.96. The zero-order valence-electron chi connectivity index (χ0n) is 9.24. The van der Waals surface area contributed by atoms with E-state index in [1.54, 1.807) is 0 Å². The first-order valence-electron chi connectivity index (χ1n) is 5.71. The normalized spacial score (nSPS) is 19.1. The van der Waals surface area contributed by atoms with Crippen LogP contribution in [0.3, 0.4) is 0 Å². The van der Waals surface area contributed by atoms with Crippen molar-refractivity contribution in [2.75, 3.05) is 19.0 Å². The predicted octanol–water partition coefficient (Wildman–Crippen LogP) is 3.69. The van der Waals surface area contributed by atoms with Crippen molar-refractivity contribution in [3.05, 3.63) is 29.8 Å². The molecule has 0 saturated carbocycles. The molecule has 1 aromatic rings. The van der Waals surface area contributed by atoms with Crippen LogP contribution in [0.25, 0.3) is 0 Å².